The Kier molecular flexibility index (Phi) is 5.14. The molecule has 0 spiro atoms. The van der Waals surface area contributed by atoms with E-state index in [0.29, 0.717) is 15.9 Å². The van der Waals surface area contributed by atoms with E-state index in [4.69, 9.17) is 4.74 Å². The molecule has 1 atom stereocenters. The Hall–Kier alpha value is -2.35. The van der Waals surface area contributed by atoms with Crippen LogP contribution in [0.2, 0.25) is 0 Å². The second-order valence-corrected chi connectivity index (χ2v) is 8.25. The van der Waals surface area contributed by atoms with Crippen LogP contribution < -0.4 is 4.74 Å². The van der Waals surface area contributed by atoms with E-state index in [-0.39, 0.29) is 28.7 Å². The number of halogens is 2. The summed E-state index contributed by atoms with van der Waals surface area (Å²) in [6.07, 6.45) is 4.55. The third-order valence-electron chi connectivity index (χ3n) is 5.09. The van der Waals surface area contributed by atoms with Crippen molar-refractivity contribution in [2.24, 2.45) is 13.0 Å². The number of hydrogen-bond acceptors (Lipinski definition) is 4. The van der Waals surface area contributed by atoms with E-state index in [1.165, 1.54) is 0 Å². The summed E-state index contributed by atoms with van der Waals surface area (Å²) in [5.74, 6) is 6.32. The molecule has 1 saturated carbocycles. The fourth-order valence-corrected chi connectivity index (χ4v) is 3.99. The summed E-state index contributed by atoms with van der Waals surface area (Å²) < 4.78 is 23.7. The molecule has 0 amide bonds. The number of aromatic nitrogens is 2. The Bertz CT molecular complexity index is 1010. The molecule has 2 aromatic rings. The van der Waals surface area contributed by atoms with E-state index in [1.807, 2.05) is 0 Å². The maximum Gasteiger partial charge on any atom is 0.149 e. The number of likely N-dealkylation sites (tertiary alicyclic amines) is 1. The molecule has 2 aliphatic rings. The first kappa shape index (κ1) is 19.0. The van der Waals surface area contributed by atoms with E-state index >= 15 is 4.39 Å². The van der Waals surface area contributed by atoms with Crippen molar-refractivity contribution in [3.8, 4) is 34.9 Å². The fraction of sp³-hybridized carbons (Fsp3) is 0.429. The van der Waals surface area contributed by atoms with Crippen molar-refractivity contribution in [2.75, 3.05) is 20.1 Å². The fourth-order valence-electron chi connectivity index (χ4n) is 3.44. The first-order valence-corrected chi connectivity index (χ1v) is 10.1. The molecule has 0 N–H and O–H groups in total. The quantitative estimate of drug-likeness (QED) is 0.679. The average molecular weight is 443 g/mol. The molecule has 0 bridgehead atoms. The maximum absolute atomic E-state index is 15.5. The highest BCUT2D eigenvalue weighted by molar-refractivity contribution is 9.10. The van der Waals surface area contributed by atoms with Crippen LogP contribution in [0.1, 0.15) is 30.4 Å². The van der Waals surface area contributed by atoms with Crippen molar-refractivity contribution in [1.82, 2.24) is 14.7 Å². The van der Waals surface area contributed by atoms with Gasteiger partial charge in [0.25, 0.3) is 0 Å². The number of hydrogen-bond donors (Lipinski definition) is 0. The molecular weight excluding hydrogens is 423 g/mol. The lowest BCUT2D eigenvalue weighted by atomic mass is 9.99. The van der Waals surface area contributed by atoms with Crippen molar-refractivity contribution >= 4 is 15.9 Å². The third-order valence-corrected chi connectivity index (χ3v) is 5.67. The van der Waals surface area contributed by atoms with Gasteiger partial charge in [0.15, 0.2) is 0 Å². The van der Waals surface area contributed by atoms with Gasteiger partial charge in [-0.3, -0.25) is 4.68 Å². The first-order chi connectivity index (χ1) is 13.5. The van der Waals surface area contributed by atoms with Crippen LogP contribution in [0.15, 0.2) is 16.7 Å². The predicted octanol–water partition coefficient (Wildman–Crippen LogP) is 3.70. The van der Waals surface area contributed by atoms with Crippen LogP contribution in [0.3, 0.4) is 0 Å². The molecular formula is C21H20BrFN4O. The van der Waals surface area contributed by atoms with Gasteiger partial charge in [-0.15, -0.1) is 0 Å². The lowest BCUT2D eigenvalue weighted by Gasteiger charge is -2.14. The van der Waals surface area contributed by atoms with Gasteiger partial charge < -0.3 is 9.64 Å². The highest BCUT2D eigenvalue weighted by Gasteiger charge is 2.29. The largest absolute Gasteiger partial charge is 0.489 e. The van der Waals surface area contributed by atoms with E-state index < -0.39 is 5.82 Å². The zero-order chi connectivity index (χ0) is 19.8. The van der Waals surface area contributed by atoms with Crippen LogP contribution in [-0.4, -0.2) is 40.9 Å². The smallest absolute Gasteiger partial charge is 0.149 e. The highest BCUT2D eigenvalue weighted by atomic mass is 79.9. The Labute approximate surface area is 172 Å². The molecule has 144 valence electrons. The molecule has 1 saturated heterocycles. The monoisotopic (exact) mass is 442 g/mol. The Morgan fingerprint density at radius 2 is 2.11 bits per heavy atom. The molecule has 1 aliphatic carbocycles. The number of rotatable bonds is 3. The third kappa shape index (κ3) is 3.65. The minimum Gasteiger partial charge on any atom is -0.489 e. The molecule has 4 rings (SSSR count). The summed E-state index contributed by atoms with van der Waals surface area (Å²) in [5, 5.41) is 13.9. The lowest BCUT2D eigenvalue weighted by Crippen LogP contribution is -2.13. The summed E-state index contributed by atoms with van der Waals surface area (Å²) in [5.41, 5.74) is 1.12. The lowest BCUT2D eigenvalue weighted by molar-refractivity contribution is 0.302. The van der Waals surface area contributed by atoms with Gasteiger partial charge in [-0.25, -0.2) is 4.39 Å². The van der Waals surface area contributed by atoms with Crippen LogP contribution in [0.5, 0.6) is 5.75 Å². The van der Waals surface area contributed by atoms with E-state index in [9.17, 15) is 5.26 Å². The standard InChI is InChI=1S/C21H20BrFN4O/c1-26-8-7-13(12-26)3-4-14-9-18(28-15-5-6-15)16(10-24)19(20(14)23)21-17(22)11-25-27(21)2/h9,11,13,15H,5-8,12H2,1-2H3. The van der Waals surface area contributed by atoms with Gasteiger partial charge in [0.05, 0.1) is 33.6 Å². The molecule has 0 radical (unpaired) electrons. The number of nitrogens with zero attached hydrogens (tertiary/aromatic N) is 4. The summed E-state index contributed by atoms with van der Waals surface area (Å²) in [7, 11) is 3.78. The second kappa shape index (κ2) is 7.58. The van der Waals surface area contributed by atoms with Crippen molar-refractivity contribution in [1.29, 1.82) is 5.26 Å². The number of benzene rings is 1. The van der Waals surface area contributed by atoms with Gasteiger partial charge in [0.1, 0.15) is 23.2 Å². The van der Waals surface area contributed by atoms with Gasteiger partial charge in [-0.1, -0.05) is 11.8 Å². The molecule has 1 aromatic heterocycles. The molecule has 5 nitrogen and oxygen atoms in total. The number of ether oxygens (including phenoxy) is 1. The minimum absolute atomic E-state index is 0.0877. The molecule has 1 aromatic carbocycles. The van der Waals surface area contributed by atoms with E-state index in [0.717, 1.165) is 32.4 Å². The second-order valence-electron chi connectivity index (χ2n) is 7.40. The average Bonchev–Trinajstić information content (AvgIpc) is 3.30. The zero-order valence-corrected chi connectivity index (χ0v) is 17.4. The topological polar surface area (TPSA) is 54.1 Å². The molecule has 2 heterocycles. The molecule has 1 aliphatic heterocycles. The summed E-state index contributed by atoms with van der Waals surface area (Å²) in [6, 6.07) is 3.70. The van der Waals surface area contributed by atoms with Gasteiger partial charge in [0.2, 0.25) is 0 Å². The van der Waals surface area contributed by atoms with Crippen molar-refractivity contribution in [2.45, 2.75) is 25.4 Å². The zero-order valence-electron chi connectivity index (χ0n) is 15.8. The van der Waals surface area contributed by atoms with E-state index in [1.54, 1.807) is 24.0 Å². The van der Waals surface area contributed by atoms with Gasteiger partial charge >= 0.3 is 0 Å². The van der Waals surface area contributed by atoms with Crippen molar-refractivity contribution in [3.63, 3.8) is 0 Å². The maximum atomic E-state index is 15.5. The van der Waals surface area contributed by atoms with Gasteiger partial charge in [-0.2, -0.15) is 10.4 Å². The van der Waals surface area contributed by atoms with Crippen LogP contribution in [0.25, 0.3) is 11.3 Å². The predicted molar refractivity (Wildman–Crippen MR) is 107 cm³/mol. The van der Waals surface area contributed by atoms with Gasteiger partial charge in [0, 0.05) is 25.6 Å². The number of aryl methyl sites for hydroxylation is 1. The molecule has 28 heavy (non-hydrogen) atoms. The van der Waals surface area contributed by atoms with E-state index in [2.05, 4.69) is 50.9 Å². The molecule has 2 fully saturated rings. The van der Waals surface area contributed by atoms with Crippen molar-refractivity contribution in [3.05, 3.63) is 33.7 Å². The Morgan fingerprint density at radius 1 is 1.32 bits per heavy atom. The minimum atomic E-state index is -0.511. The van der Waals surface area contributed by atoms with Crippen LogP contribution in [-0.2, 0) is 7.05 Å². The van der Waals surface area contributed by atoms with Crippen LogP contribution >= 0.6 is 15.9 Å². The highest BCUT2D eigenvalue weighted by Crippen LogP contribution is 2.40. The SMILES string of the molecule is CN1CCC(C#Cc2cc(OC3CC3)c(C#N)c(-c3c(Br)cnn3C)c2F)C1. The summed E-state index contributed by atoms with van der Waals surface area (Å²) in [4.78, 5) is 2.22. The molecule has 7 heteroatoms. The summed E-state index contributed by atoms with van der Waals surface area (Å²) in [6.45, 7) is 1.88. The Balaban J connectivity index is 1.86. The van der Waals surface area contributed by atoms with Crippen LogP contribution in [0.4, 0.5) is 4.39 Å². The van der Waals surface area contributed by atoms with Crippen molar-refractivity contribution < 1.29 is 9.13 Å². The Morgan fingerprint density at radius 3 is 2.68 bits per heavy atom. The van der Waals surface area contributed by atoms with Crippen LogP contribution in [0, 0.1) is 34.9 Å². The first-order valence-electron chi connectivity index (χ1n) is 9.29. The van der Waals surface area contributed by atoms with Gasteiger partial charge in [-0.05, 0) is 48.8 Å². The number of nitriles is 1. The normalized spacial score (nSPS) is 19.2. The summed E-state index contributed by atoms with van der Waals surface area (Å²) >= 11 is 3.42. The molecule has 1 unspecified atom stereocenters.